The quantitative estimate of drug-likeness (QED) is 0.896. The van der Waals surface area contributed by atoms with Crippen LogP contribution in [0.4, 0.5) is 0 Å². The summed E-state index contributed by atoms with van der Waals surface area (Å²) in [7, 11) is 0. The zero-order valence-electron chi connectivity index (χ0n) is 9.88. The van der Waals surface area contributed by atoms with Crippen molar-refractivity contribution in [1.82, 2.24) is 10.6 Å². The molecule has 1 aromatic heterocycles. The highest BCUT2D eigenvalue weighted by Gasteiger charge is 2.22. The number of likely N-dealkylation sites (N-methyl/N-ethyl adjacent to an activating group) is 1. The summed E-state index contributed by atoms with van der Waals surface area (Å²) >= 11 is 5.35. The molecule has 5 heteroatoms. The number of fused-ring (bicyclic) bond motifs is 1. The van der Waals surface area contributed by atoms with E-state index in [1.165, 1.54) is 27.1 Å². The number of thiophene rings is 1. The topological polar surface area (TPSA) is 41.1 Å². The van der Waals surface area contributed by atoms with Gasteiger partial charge in [-0.3, -0.25) is 4.79 Å². The summed E-state index contributed by atoms with van der Waals surface area (Å²) in [4.78, 5) is 12.9. The third kappa shape index (κ3) is 3.30. The SMILES string of the molecule is CCNC(=O)CNC1CCCc2sc(Br)cc21. The van der Waals surface area contributed by atoms with Crippen LogP contribution in [0.3, 0.4) is 0 Å². The maximum absolute atomic E-state index is 11.4. The third-order valence-corrected chi connectivity index (χ3v) is 4.68. The molecular weight excluding hydrogens is 300 g/mol. The molecule has 0 saturated carbocycles. The number of hydrogen-bond acceptors (Lipinski definition) is 3. The molecule has 0 bridgehead atoms. The largest absolute Gasteiger partial charge is 0.355 e. The second-order valence-electron chi connectivity index (χ2n) is 4.21. The predicted octanol–water partition coefficient (Wildman–Crippen LogP) is 2.61. The lowest BCUT2D eigenvalue weighted by molar-refractivity contribution is -0.120. The van der Waals surface area contributed by atoms with Crippen LogP contribution in [-0.2, 0) is 11.2 Å². The van der Waals surface area contributed by atoms with Crippen molar-refractivity contribution < 1.29 is 4.79 Å². The van der Waals surface area contributed by atoms with E-state index in [0.717, 1.165) is 6.42 Å². The van der Waals surface area contributed by atoms with E-state index in [1.54, 1.807) is 0 Å². The Balaban J connectivity index is 1.96. The molecule has 0 aromatic carbocycles. The molecule has 0 aliphatic heterocycles. The normalized spacial score (nSPS) is 18.8. The summed E-state index contributed by atoms with van der Waals surface area (Å²) in [6.07, 6.45) is 3.49. The van der Waals surface area contributed by atoms with Crippen molar-refractivity contribution in [3.05, 3.63) is 20.3 Å². The first-order chi connectivity index (χ1) is 8.20. The number of amides is 1. The minimum atomic E-state index is 0.0777. The van der Waals surface area contributed by atoms with Crippen LogP contribution in [-0.4, -0.2) is 19.0 Å². The maximum Gasteiger partial charge on any atom is 0.233 e. The minimum absolute atomic E-state index is 0.0777. The Kier molecular flexibility index (Phi) is 4.59. The van der Waals surface area contributed by atoms with Crippen LogP contribution in [0, 0.1) is 0 Å². The van der Waals surface area contributed by atoms with Gasteiger partial charge in [0, 0.05) is 17.5 Å². The van der Waals surface area contributed by atoms with E-state index in [1.807, 2.05) is 18.3 Å². The highest BCUT2D eigenvalue weighted by molar-refractivity contribution is 9.11. The lowest BCUT2D eigenvalue weighted by Crippen LogP contribution is -2.36. The maximum atomic E-state index is 11.4. The molecule has 0 spiro atoms. The van der Waals surface area contributed by atoms with Gasteiger partial charge in [-0.25, -0.2) is 0 Å². The van der Waals surface area contributed by atoms with E-state index in [0.29, 0.717) is 19.1 Å². The van der Waals surface area contributed by atoms with Gasteiger partial charge in [0.2, 0.25) is 5.91 Å². The fourth-order valence-corrected chi connectivity index (χ4v) is 4.03. The molecule has 0 fully saturated rings. The van der Waals surface area contributed by atoms with Crippen LogP contribution >= 0.6 is 27.3 Å². The van der Waals surface area contributed by atoms with E-state index in [2.05, 4.69) is 32.6 Å². The summed E-state index contributed by atoms with van der Waals surface area (Å²) in [5, 5.41) is 6.16. The van der Waals surface area contributed by atoms with Crippen molar-refractivity contribution in [3.63, 3.8) is 0 Å². The Hall–Kier alpha value is -0.390. The number of aryl methyl sites for hydroxylation is 1. The van der Waals surface area contributed by atoms with Crippen molar-refractivity contribution >= 4 is 33.2 Å². The first-order valence-electron chi connectivity index (χ1n) is 5.99. The summed E-state index contributed by atoms with van der Waals surface area (Å²) in [5.41, 5.74) is 1.37. The molecule has 1 aliphatic carbocycles. The number of nitrogens with one attached hydrogen (secondary N) is 2. The Morgan fingerprint density at radius 3 is 3.24 bits per heavy atom. The van der Waals surface area contributed by atoms with E-state index in [-0.39, 0.29) is 5.91 Å². The molecule has 0 radical (unpaired) electrons. The molecule has 17 heavy (non-hydrogen) atoms. The van der Waals surface area contributed by atoms with E-state index in [9.17, 15) is 4.79 Å². The molecule has 1 aliphatic rings. The number of halogens is 1. The molecule has 2 rings (SSSR count). The number of rotatable bonds is 4. The van der Waals surface area contributed by atoms with Crippen molar-refractivity contribution in [1.29, 1.82) is 0 Å². The standard InChI is InChI=1S/C12H17BrN2OS/c1-2-14-12(16)7-15-9-4-3-5-10-8(9)6-11(13)17-10/h6,9,15H,2-5,7H2,1H3,(H,14,16). The van der Waals surface area contributed by atoms with Crippen LogP contribution in [0.15, 0.2) is 9.85 Å². The van der Waals surface area contributed by atoms with Gasteiger partial charge in [0.15, 0.2) is 0 Å². The zero-order chi connectivity index (χ0) is 12.3. The summed E-state index contributed by atoms with van der Waals surface area (Å²) < 4.78 is 1.19. The zero-order valence-corrected chi connectivity index (χ0v) is 12.3. The van der Waals surface area contributed by atoms with Gasteiger partial charge in [-0.15, -0.1) is 11.3 Å². The summed E-state index contributed by atoms with van der Waals surface area (Å²) in [5.74, 6) is 0.0777. The smallest absolute Gasteiger partial charge is 0.233 e. The van der Waals surface area contributed by atoms with Crippen LogP contribution in [0.25, 0.3) is 0 Å². The molecular formula is C12H17BrN2OS. The average Bonchev–Trinajstić information content (AvgIpc) is 2.67. The van der Waals surface area contributed by atoms with Crippen molar-refractivity contribution in [2.75, 3.05) is 13.1 Å². The molecule has 1 amide bonds. The molecule has 1 unspecified atom stereocenters. The fourth-order valence-electron chi connectivity index (χ4n) is 2.21. The molecule has 2 N–H and O–H groups in total. The van der Waals surface area contributed by atoms with Crippen molar-refractivity contribution in [2.45, 2.75) is 32.2 Å². The van der Waals surface area contributed by atoms with Crippen molar-refractivity contribution in [2.24, 2.45) is 0 Å². The summed E-state index contributed by atoms with van der Waals surface area (Å²) in [6.45, 7) is 3.04. The van der Waals surface area contributed by atoms with Gasteiger partial charge in [-0.1, -0.05) is 0 Å². The first kappa shape index (κ1) is 13.1. The lowest BCUT2D eigenvalue weighted by Gasteiger charge is -2.23. The second kappa shape index (κ2) is 5.98. The Morgan fingerprint density at radius 2 is 2.47 bits per heavy atom. The highest BCUT2D eigenvalue weighted by atomic mass is 79.9. The Morgan fingerprint density at radius 1 is 1.65 bits per heavy atom. The van der Waals surface area contributed by atoms with Gasteiger partial charge < -0.3 is 10.6 Å². The van der Waals surface area contributed by atoms with Gasteiger partial charge >= 0.3 is 0 Å². The molecule has 94 valence electrons. The van der Waals surface area contributed by atoms with E-state index in [4.69, 9.17) is 0 Å². The first-order valence-corrected chi connectivity index (χ1v) is 7.60. The Bertz CT molecular complexity index is 405. The summed E-state index contributed by atoms with van der Waals surface area (Å²) in [6, 6.07) is 2.53. The predicted molar refractivity (Wildman–Crippen MR) is 74.4 cm³/mol. The number of carbonyl (C=O) groups excluding carboxylic acids is 1. The number of carbonyl (C=O) groups is 1. The Labute approximate surface area is 114 Å². The lowest BCUT2D eigenvalue weighted by atomic mass is 9.94. The van der Waals surface area contributed by atoms with Gasteiger partial charge in [0.25, 0.3) is 0 Å². The molecule has 0 saturated heterocycles. The minimum Gasteiger partial charge on any atom is -0.355 e. The second-order valence-corrected chi connectivity index (χ2v) is 6.72. The molecule has 1 heterocycles. The highest BCUT2D eigenvalue weighted by Crippen LogP contribution is 2.37. The third-order valence-electron chi connectivity index (χ3n) is 2.97. The van der Waals surface area contributed by atoms with Crippen LogP contribution in [0.1, 0.15) is 36.2 Å². The van der Waals surface area contributed by atoms with Gasteiger partial charge in [0.05, 0.1) is 10.3 Å². The van der Waals surface area contributed by atoms with Crippen LogP contribution < -0.4 is 10.6 Å². The van der Waals surface area contributed by atoms with Gasteiger partial charge in [0.1, 0.15) is 0 Å². The molecule has 3 nitrogen and oxygen atoms in total. The van der Waals surface area contributed by atoms with E-state index >= 15 is 0 Å². The molecule has 1 aromatic rings. The fraction of sp³-hybridized carbons (Fsp3) is 0.583. The molecule has 1 atom stereocenters. The van der Waals surface area contributed by atoms with Crippen LogP contribution in [0.5, 0.6) is 0 Å². The van der Waals surface area contributed by atoms with Crippen LogP contribution in [0.2, 0.25) is 0 Å². The average molecular weight is 317 g/mol. The van der Waals surface area contributed by atoms with Crippen molar-refractivity contribution in [3.8, 4) is 0 Å². The van der Waals surface area contributed by atoms with Gasteiger partial charge in [-0.05, 0) is 53.7 Å². The van der Waals surface area contributed by atoms with Gasteiger partial charge in [-0.2, -0.15) is 0 Å². The monoisotopic (exact) mass is 316 g/mol. The number of hydrogen-bond donors (Lipinski definition) is 2. The van der Waals surface area contributed by atoms with E-state index < -0.39 is 0 Å².